The first kappa shape index (κ1) is 17.0. The molecule has 0 bridgehead atoms. The molecule has 0 saturated carbocycles. The van der Waals surface area contributed by atoms with Crippen molar-refractivity contribution in [2.45, 2.75) is 6.42 Å². The Kier molecular flexibility index (Phi) is 5.75. The maximum absolute atomic E-state index is 12.8. The van der Waals surface area contributed by atoms with Crippen molar-refractivity contribution in [1.29, 1.82) is 0 Å². The van der Waals surface area contributed by atoms with Crippen LogP contribution in [-0.2, 0) is 0 Å². The lowest BCUT2D eigenvalue weighted by molar-refractivity contribution is 0.0488. The van der Waals surface area contributed by atoms with Crippen LogP contribution >= 0.6 is 12.2 Å². The molecular formula is C15H20N4O3S. The standard InChI is InChI=1S/C15H20N4O3S/c1-4-8-16-15(23)19-10-5-9-18(19)14(20)11-6-7-12(21-2)17-13(11)22-3/h4,6-7H,1,5,8-10H2,2-3H3,(H,16,23). The van der Waals surface area contributed by atoms with Gasteiger partial charge < -0.3 is 14.8 Å². The summed E-state index contributed by atoms with van der Waals surface area (Å²) >= 11 is 5.33. The van der Waals surface area contributed by atoms with Crippen LogP contribution in [0.25, 0.3) is 0 Å². The van der Waals surface area contributed by atoms with Crippen molar-refractivity contribution in [3.8, 4) is 11.8 Å². The number of methoxy groups -OCH3 is 2. The van der Waals surface area contributed by atoms with Crippen LogP contribution in [0.4, 0.5) is 0 Å². The van der Waals surface area contributed by atoms with Crippen molar-refractivity contribution in [1.82, 2.24) is 20.3 Å². The van der Waals surface area contributed by atoms with Gasteiger partial charge in [0.1, 0.15) is 5.56 Å². The second-order valence-electron chi connectivity index (χ2n) is 4.79. The van der Waals surface area contributed by atoms with Gasteiger partial charge in [0.2, 0.25) is 11.8 Å². The minimum Gasteiger partial charge on any atom is -0.481 e. The summed E-state index contributed by atoms with van der Waals surface area (Å²) in [4.78, 5) is 17.0. The molecular weight excluding hydrogens is 316 g/mol. The van der Waals surface area contributed by atoms with Gasteiger partial charge in [0.15, 0.2) is 5.11 Å². The van der Waals surface area contributed by atoms with Gasteiger partial charge in [-0.1, -0.05) is 6.08 Å². The zero-order valence-corrected chi connectivity index (χ0v) is 14.1. The Bertz CT molecular complexity index is 608. The van der Waals surface area contributed by atoms with Crippen LogP contribution < -0.4 is 14.8 Å². The third-order valence-electron chi connectivity index (χ3n) is 3.37. The van der Waals surface area contributed by atoms with Gasteiger partial charge in [-0.3, -0.25) is 9.80 Å². The molecule has 0 aromatic carbocycles. The largest absolute Gasteiger partial charge is 0.481 e. The summed E-state index contributed by atoms with van der Waals surface area (Å²) in [5.41, 5.74) is 0.367. The minimum absolute atomic E-state index is 0.211. The summed E-state index contributed by atoms with van der Waals surface area (Å²) in [5.74, 6) is 0.406. The van der Waals surface area contributed by atoms with Gasteiger partial charge in [-0.25, -0.2) is 5.01 Å². The molecule has 1 aromatic rings. The minimum atomic E-state index is -0.211. The molecule has 0 aliphatic carbocycles. The predicted octanol–water partition coefficient (Wildman–Crippen LogP) is 1.22. The monoisotopic (exact) mass is 336 g/mol. The van der Waals surface area contributed by atoms with E-state index in [1.54, 1.807) is 28.2 Å². The smallest absolute Gasteiger partial charge is 0.277 e. The lowest BCUT2D eigenvalue weighted by Crippen LogP contribution is -2.49. The fourth-order valence-corrected chi connectivity index (χ4v) is 2.55. The zero-order valence-electron chi connectivity index (χ0n) is 13.2. The van der Waals surface area contributed by atoms with E-state index in [4.69, 9.17) is 21.7 Å². The van der Waals surface area contributed by atoms with Crippen LogP contribution in [0, 0.1) is 0 Å². The second kappa shape index (κ2) is 7.77. The normalized spacial score (nSPS) is 13.7. The average molecular weight is 336 g/mol. The third kappa shape index (κ3) is 3.70. The molecule has 1 aliphatic heterocycles. The molecule has 8 heteroatoms. The summed E-state index contributed by atoms with van der Waals surface area (Å²) in [6.45, 7) is 5.46. The van der Waals surface area contributed by atoms with Gasteiger partial charge in [0, 0.05) is 25.7 Å². The maximum atomic E-state index is 12.8. The number of rotatable bonds is 5. The predicted molar refractivity (Wildman–Crippen MR) is 90.5 cm³/mol. The quantitative estimate of drug-likeness (QED) is 0.640. The summed E-state index contributed by atoms with van der Waals surface area (Å²) in [7, 11) is 2.98. The number of ether oxygens (including phenoxy) is 2. The van der Waals surface area contributed by atoms with Crippen LogP contribution in [0.3, 0.4) is 0 Å². The number of amides is 1. The molecule has 2 heterocycles. The van der Waals surface area contributed by atoms with Crippen LogP contribution in [0.1, 0.15) is 16.8 Å². The number of pyridine rings is 1. The molecule has 1 saturated heterocycles. The summed E-state index contributed by atoms with van der Waals surface area (Å²) in [6.07, 6.45) is 2.55. The second-order valence-corrected chi connectivity index (χ2v) is 5.18. The summed E-state index contributed by atoms with van der Waals surface area (Å²) in [6, 6.07) is 3.27. The Labute approximate surface area is 140 Å². The highest BCUT2D eigenvalue weighted by Crippen LogP contribution is 2.23. The van der Waals surface area contributed by atoms with Crippen molar-refractivity contribution in [3.63, 3.8) is 0 Å². The van der Waals surface area contributed by atoms with Crippen molar-refractivity contribution < 1.29 is 14.3 Å². The molecule has 7 nitrogen and oxygen atoms in total. The fourth-order valence-electron chi connectivity index (χ4n) is 2.28. The molecule has 124 valence electrons. The summed E-state index contributed by atoms with van der Waals surface area (Å²) in [5, 5.41) is 6.89. The Morgan fingerprint density at radius 2 is 2.13 bits per heavy atom. The highest BCUT2D eigenvalue weighted by atomic mass is 32.1. The van der Waals surface area contributed by atoms with E-state index >= 15 is 0 Å². The number of thiocarbonyl (C=S) groups is 1. The molecule has 1 fully saturated rings. The van der Waals surface area contributed by atoms with E-state index in [-0.39, 0.29) is 11.8 Å². The SMILES string of the molecule is C=CCNC(=S)N1CCCN1C(=O)c1ccc(OC)nc1OC. The zero-order chi connectivity index (χ0) is 16.8. The van der Waals surface area contributed by atoms with Crippen LogP contribution in [0.5, 0.6) is 11.8 Å². The number of hydrazine groups is 1. The third-order valence-corrected chi connectivity index (χ3v) is 3.72. The molecule has 1 aliphatic rings. The number of nitrogens with one attached hydrogen (secondary N) is 1. The van der Waals surface area contributed by atoms with Crippen molar-refractivity contribution >= 4 is 23.2 Å². The van der Waals surface area contributed by atoms with Crippen molar-refractivity contribution in [3.05, 3.63) is 30.4 Å². The van der Waals surface area contributed by atoms with Gasteiger partial charge in [-0.15, -0.1) is 6.58 Å². The summed E-state index contributed by atoms with van der Waals surface area (Å²) < 4.78 is 10.3. The Morgan fingerprint density at radius 1 is 1.39 bits per heavy atom. The number of hydrogen-bond acceptors (Lipinski definition) is 5. The Hall–Kier alpha value is -2.35. The lowest BCUT2D eigenvalue weighted by atomic mass is 10.2. The fraction of sp³-hybridized carbons (Fsp3) is 0.400. The van der Waals surface area contributed by atoms with Gasteiger partial charge in [-0.2, -0.15) is 4.98 Å². The number of carbonyl (C=O) groups is 1. The molecule has 0 spiro atoms. The molecule has 23 heavy (non-hydrogen) atoms. The maximum Gasteiger partial charge on any atom is 0.277 e. The van der Waals surface area contributed by atoms with Gasteiger partial charge in [0.05, 0.1) is 14.2 Å². The number of nitrogens with zero attached hydrogens (tertiary/aromatic N) is 3. The number of hydrogen-bond donors (Lipinski definition) is 1. The topological polar surface area (TPSA) is 66.9 Å². The number of aromatic nitrogens is 1. The molecule has 1 amide bonds. The van der Waals surface area contributed by atoms with Crippen LogP contribution in [0.2, 0.25) is 0 Å². The van der Waals surface area contributed by atoms with E-state index in [1.807, 2.05) is 0 Å². The Balaban J connectivity index is 2.21. The molecule has 0 atom stereocenters. The average Bonchev–Trinajstić information content (AvgIpc) is 3.08. The van der Waals surface area contributed by atoms with E-state index in [0.717, 1.165) is 6.42 Å². The molecule has 0 radical (unpaired) electrons. The van der Waals surface area contributed by atoms with E-state index < -0.39 is 0 Å². The first-order chi connectivity index (χ1) is 11.1. The van der Waals surface area contributed by atoms with Crippen LogP contribution in [0.15, 0.2) is 24.8 Å². The highest BCUT2D eigenvalue weighted by Gasteiger charge is 2.31. The van der Waals surface area contributed by atoms with Gasteiger partial charge >= 0.3 is 0 Å². The Morgan fingerprint density at radius 3 is 2.78 bits per heavy atom. The van der Waals surface area contributed by atoms with Crippen molar-refractivity contribution in [2.24, 2.45) is 0 Å². The van der Waals surface area contributed by atoms with Gasteiger partial charge in [-0.05, 0) is 24.7 Å². The van der Waals surface area contributed by atoms with Crippen LogP contribution in [-0.4, -0.2) is 59.9 Å². The van der Waals surface area contributed by atoms with E-state index in [2.05, 4.69) is 16.9 Å². The lowest BCUT2D eigenvalue weighted by Gasteiger charge is -2.30. The van der Waals surface area contributed by atoms with E-state index in [1.165, 1.54) is 14.2 Å². The van der Waals surface area contributed by atoms with E-state index in [9.17, 15) is 4.79 Å². The van der Waals surface area contributed by atoms with Crippen molar-refractivity contribution in [2.75, 3.05) is 33.9 Å². The highest BCUT2D eigenvalue weighted by molar-refractivity contribution is 7.80. The molecule has 0 unspecified atom stereocenters. The first-order valence-corrected chi connectivity index (χ1v) is 7.60. The first-order valence-electron chi connectivity index (χ1n) is 7.19. The molecule has 1 aromatic heterocycles. The van der Waals surface area contributed by atoms with Gasteiger partial charge in [0.25, 0.3) is 5.91 Å². The molecule has 2 rings (SSSR count). The molecule has 1 N–H and O–H groups in total. The number of carbonyl (C=O) groups excluding carboxylic acids is 1. The van der Waals surface area contributed by atoms with E-state index in [0.29, 0.717) is 36.2 Å².